The van der Waals surface area contributed by atoms with E-state index in [1.54, 1.807) is 6.92 Å². The van der Waals surface area contributed by atoms with Gasteiger partial charge in [0, 0.05) is 13.1 Å². The van der Waals surface area contributed by atoms with Crippen LogP contribution in [0.25, 0.3) is 0 Å². The summed E-state index contributed by atoms with van der Waals surface area (Å²) >= 11 is 0. The van der Waals surface area contributed by atoms with Crippen molar-refractivity contribution in [3.05, 3.63) is 0 Å². The Bertz CT molecular complexity index is 346. The summed E-state index contributed by atoms with van der Waals surface area (Å²) in [4.78, 5) is 35.8. The van der Waals surface area contributed by atoms with Gasteiger partial charge in [-0.05, 0) is 19.8 Å². The van der Waals surface area contributed by atoms with E-state index in [2.05, 4.69) is 5.32 Å². The second-order valence-corrected chi connectivity index (χ2v) is 4.74. The minimum absolute atomic E-state index is 0.0606. The van der Waals surface area contributed by atoms with Gasteiger partial charge in [-0.2, -0.15) is 0 Å². The first kappa shape index (κ1) is 19.2. The Labute approximate surface area is 125 Å². The molecule has 2 amide bonds. The zero-order chi connectivity index (χ0) is 16.3. The fourth-order valence-corrected chi connectivity index (χ4v) is 1.87. The standard InChI is InChI=1S/C14H26N2O5/c1-4-7-11(13(18)19)9-15-14(20)16(8-5-2)10-12(17)21-6-3/h11H,4-10H2,1-3H3,(H,15,20)(H,18,19). The average Bonchev–Trinajstić information content (AvgIpc) is 2.42. The van der Waals surface area contributed by atoms with Crippen LogP contribution in [-0.2, 0) is 14.3 Å². The summed E-state index contributed by atoms with van der Waals surface area (Å²) in [6, 6.07) is -0.438. The lowest BCUT2D eigenvalue weighted by Gasteiger charge is -2.22. The number of carboxylic acid groups (broad SMARTS) is 1. The van der Waals surface area contributed by atoms with Gasteiger partial charge in [-0.25, -0.2) is 4.79 Å². The normalized spacial score (nSPS) is 11.6. The molecular weight excluding hydrogens is 276 g/mol. The maximum Gasteiger partial charge on any atom is 0.325 e. The maximum absolute atomic E-state index is 12.0. The first-order valence-electron chi connectivity index (χ1n) is 7.37. The van der Waals surface area contributed by atoms with Gasteiger partial charge in [0.25, 0.3) is 0 Å². The molecule has 1 atom stereocenters. The molecule has 0 fully saturated rings. The van der Waals surface area contributed by atoms with Crippen LogP contribution < -0.4 is 5.32 Å². The summed E-state index contributed by atoms with van der Waals surface area (Å²) in [5.41, 5.74) is 0. The zero-order valence-electron chi connectivity index (χ0n) is 13.1. The lowest BCUT2D eigenvalue weighted by Crippen LogP contribution is -2.45. The topological polar surface area (TPSA) is 95.9 Å². The second kappa shape index (κ2) is 10.9. The number of amides is 2. The molecule has 1 unspecified atom stereocenters. The molecule has 7 heteroatoms. The molecule has 0 saturated heterocycles. The van der Waals surface area contributed by atoms with Crippen LogP contribution in [-0.4, -0.2) is 54.2 Å². The van der Waals surface area contributed by atoms with E-state index in [1.807, 2.05) is 13.8 Å². The first-order valence-corrected chi connectivity index (χ1v) is 7.37. The third-order valence-electron chi connectivity index (χ3n) is 2.89. The summed E-state index contributed by atoms with van der Waals surface area (Å²) in [5, 5.41) is 11.6. The SMILES string of the molecule is CCCC(CNC(=O)N(CCC)CC(=O)OCC)C(=O)O. The lowest BCUT2D eigenvalue weighted by molar-refractivity contribution is -0.144. The van der Waals surface area contributed by atoms with E-state index in [-0.39, 0.29) is 19.7 Å². The van der Waals surface area contributed by atoms with E-state index in [0.717, 1.165) is 6.42 Å². The molecule has 0 saturated carbocycles. The number of ether oxygens (including phenoxy) is 1. The Morgan fingerprint density at radius 2 is 1.86 bits per heavy atom. The van der Waals surface area contributed by atoms with Crippen molar-refractivity contribution in [2.45, 2.75) is 40.0 Å². The monoisotopic (exact) mass is 302 g/mol. The summed E-state index contributed by atoms with van der Waals surface area (Å²) in [7, 11) is 0. The molecule has 0 bridgehead atoms. The number of nitrogens with one attached hydrogen (secondary N) is 1. The van der Waals surface area contributed by atoms with Gasteiger partial charge in [-0.3, -0.25) is 9.59 Å². The highest BCUT2D eigenvalue weighted by Gasteiger charge is 2.21. The molecule has 21 heavy (non-hydrogen) atoms. The van der Waals surface area contributed by atoms with Crippen molar-refractivity contribution in [3.63, 3.8) is 0 Å². The molecular formula is C14H26N2O5. The van der Waals surface area contributed by atoms with E-state index in [4.69, 9.17) is 9.84 Å². The van der Waals surface area contributed by atoms with Gasteiger partial charge >= 0.3 is 18.0 Å². The highest BCUT2D eigenvalue weighted by atomic mass is 16.5. The number of urea groups is 1. The van der Waals surface area contributed by atoms with E-state index >= 15 is 0 Å². The zero-order valence-corrected chi connectivity index (χ0v) is 13.1. The molecule has 0 aromatic heterocycles. The van der Waals surface area contributed by atoms with Crippen LogP contribution in [0.1, 0.15) is 40.0 Å². The van der Waals surface area contributed by atoms with Crippen molar-refractivity contribution in [2.24, 2.45) is 5.92 Å². The number of carbonyl (C=O) groups is 3. The van der Waals surface area contributed by atoms with Crippen LogP contribution in [0.5, 0.6) is 0 Å². The highest BCUT2D eigenvalue weighted by Crippen LogP contribution is 2.05. The molecule has 0 aromatic carbocycles. The number of carboxylic acids is 1. The van der Waals surface area contributed by atoms with Crippen molar-refractivity contribution in [2.75, 3.05) is 26.2 Å². The van der Waals surface area contributed by atoms with E-state index in [9.17, 15) is 14.4 Å². The number of hydrogen-bond acceptors (Lipinski definition) is 4. The summed E-state index contributed by atoms with van der Waals surface area (Å²) in [6.45, 7) is 6.09. The summed E-state index contributed by atoms with van der Waals surface area (Å²) in [6.07, 6.45) is 1.93. The molecule has 122 valence electrons. The summed E-state index contributed by atoms with van der Waals surface area (Å²) in [5.74, 6) is -2.00. The van der Waals surface area contributed by atoms with Crippen LogP contribution in [0, 0.1) is 5.92 Å². The Balaban J connectivity index is 4.46. The van der Waals surface area contributed by atoms with Gasteiger partial charge in [0.1, 0.15) is 6.54 Å². The number of hydrogen-bond donors (Lipinski definition) is 2. The largest absolute Gasteiger partial charge is 0.481 e. The van der Waals surface area contributed by atoms with Crippen LogP contribution in [0.2, 0.25) is 0 Å². The minimum Gasteiger partial charge on any atom is -0.481 e. The molecule has 0 spiro atoms. The lowest BCUT2D eigenvalue weighted by atomic mass is 10.0. The van der Waals surface area contributed by atoms with Crippen molar-refractivity contribution in [1.82, 2.24) is 10.2 Å². The van der Waals surface area contributed by atoms with Gasteiger partial charge in [0.15, 0.2) is 0 Å². The molecule has 0 rings (SSSR count). The fourth-order valence-electron chi connectivity index (χ4n) is 1.87. The fraction of sp³-hybridized carbons (Fsp3) is 0.786. The van der Waals surface area contributed by atoms with Crippen LogP contribution in [0.15, 0.2) is 0 Å². The van der Waals surface area contributed by atoms with Crippen molar-refractivity contribution >= 4 is 18.0 Å². The minimum atomic E-state index is -0.926. The Kier molecular flexibility index (Phi) is 10.0. The summed E-state index contributed by atoms with van der Waals surface area (Å²) < 4.78 is 4.82. The van der Waals surface area contributed by atoms with Crippen molar-refractivity contribution in [1.29, 1.82) is 0 Å². The Hall–Kier alpha value is -1.79. The molecule has 2 N–H and O–H groups in total. The smallest absolute Gasteiger partial charge is 0.325 e. The molecule has 0 aliphatic rings. The van der Waals surface area contributed by atoms with Crippen LogP contribution in [0.4, 0.5) is 4.79 Å². The Morgan fingerprint density at radius 1 is 1.19 bits per heavy atom. The first-order chi connectivity index (χ1) is 9.96. The van der Waals surface area contributed by atoms with Crippen LogP contribution >= 0.6 is 0 Å². The quantitative estimate of drug-likeness (QED) is 0.596. The number of nitrogens with zero attached hydrogens (tertiary/aromatic N) is 1. The van der Waals surface area contributed by atoms with Gasteiger partial charge in [0.2, 0.25) is 0 Å². The van der Waals surface area contributed by atoms with Crippen LogP contribution in [0.3, 0.4) is 0 Å². The van der Waals surface area contributed by atoms with E-state index in [1.165, 1.54) is 4.90 Å². The molecule has 7 nitrogen and oxygen atoms in total. The predicted octanol–water partition coefficient (Wildman–Crippen LogP) is 1.47. The van der Waals surface area contributed by atoms with Gasteiger partial charge in [-0.15, -0.1) is 0 Å². The molecule has 0 radical (unpaired) electrons. The third-order valence-corrected chi connectivity index (χ3v) is 2.89. The number of rotatable bonds is 10. The number of esters is 1. The molecule has 0 aliphatic carbocycles. The average molecular weight is 302 g/mol. The molecule has 0 heterocycles. The van der Waals surface area contributed by atoms with Gasteiger partial charge in [-0.1, -0.05) is 20.3 Å². The maximum atomic E-state index is 12.0. The second-order valence-electron chi connectivity index (χ2n) is 4.74. The van der Waals surface area contributed by atoms with Gasteiger partial charge in [0.05, 0.1) is 12.5 Å². The molecule has 0 aliphatic heterocycles. The van der Waals surface area contributed by atoms with Crippen molar-refractivity contribution < 1.29 is 24.2 Å². The molecule has 0 aromatic rings. The van der Waals surface area contributed by atoms with Crippen molar-refractivity contribution in [3.8, 4) is 0 Å². The third kappa shape index (κ3) is 8.16. The number of aliphatic carboxylic acids is 1. The predicted molar refractivity (Wildman–Crippen MR) is 77.9 cm³/mol. The van der Waals surface area contributed by atoms with E-state index in [0.29, 0.717) is 19.4 Å². The highest BCUT2D eigenvalue weighted by molar-refractivity contribution is 5.81. The Morgan fingerprint density at radius 3 is 2.33 bits per heavy atom. The number of carbonyl (C=O) groups excluding carboxylic acids is 2. The van der Waals surface area contributed by atoms with Gasteiger partial charge < -0.3 is 20.1 Å². The van der Waals surface area contributed by atoms with E-state index < -0.39 is 23.9 Å².